The first-order chi connectivity index (χ1) is 10.4. The highest BCUT2D eigenvalue weighted by Crippen LogP contribution is 2.36. The van der Waals surface area contributed by atoms with Gasteiger partial charge in [0, 0.05) is 6.04 Å². The Balaban J connectivity index is 1.53. The normalized spacial score (nSPS) is 24.1. The highest BCUT2D eigenvalue weighted by Gasteiger charge is 2.33. The van der Waals surface area contributed by atoms with Gasteiger partial charge in [-0.15, -0.1) is 0 Å². The van der Waals surface area contributed by atoms with Gasteiger partial charge < -0.3 is 9.73 Å². The molecule has 0 amide bonds. The fraction of sp³-hybridized carbons (Fsp3) is 0.778. The second-order valence-electron chi connectivity index (χ2n) is 6.77. The molecule has 2 fully saturated rings. The summed E-state index contributed by atoms with van der Waals surface area (Å²) >= 11 is 0. The zero-order chi connectivity index (χ0) is 14.5. The van der Waals surface area contributed by atoms with Crippen LogP contribution in [0, 0.1) is 5.92 Å². The molecule has 0 bridgehead atoms. The van der Waals surface area contributed by atoms with Gasteiger partial charge >= 0.3 is 0 Å². The van der Waals surface area contributed by atoms with E-state index in [1.165, 1.54) is 51.5 Å². The van der Waals surface area contributed by atoms with Gasteiger partial charge in [0.15, 0.2) is 0 Å². The third-order valence-corrected chi connectivity index (χ3v) is 5.16. The van der Waals surface area contributed by atoms with E-state index in [1.54, 1.807) is 0 Å². The molecule has 3 heteroatoms. The van der Waals surface area contributed by atoms with Crippen LogP contribution in [0.25, 0.3) is 0 Å². The monoisotopic (exact) mass is 290 g/mol. The third-order valence-electron chi connectivity index (χ3n) is 5.16. The molecule has 1 atom stereocenters. The molecule has 118 valence electrons. The van der Waals surface area contributed by atoms with E-state index >= 15 is 0 Å². The number of hydrogen-bond donors (Lipinski definition) is 1. The molecular formula is C18H30N2O. The van der Waals surface area contributed by atoms with Crippen molar-refractivity contribution in [3.63, 3.8) is 0 Å². The lowest BCUT2D eigenvalue weighted by atomic mass is 9.96. The average molecular weight is 290 g/mol. The van der Waals surface area contributed by atoms with E-state index in [9.17, 15) is 0 Å². The van der Waals surface area contributed by atoms with Crippen molar-refractivity contribution < 1.29 is 4.42 Å². The van der Waals surface area contributed by atoms with Crippen LogP contribution in [0.15, 0.2) is 16.5 Å². The van der Waals surface area contributed by atoms with E-state index in [0.717, 1.165) is 43.1 Å². The Morgan fingerprint density at radius 1 is 1.14 bits per heavy atom. The number of hydrogen-bond acceptors (Lipinski definition) is 3. The molecule has 1 aromatic rings. The fourth-order valence-electron chi connectivity index (χ4n) is 4.12. The lowest BCUT2D eigenvalue weighted by molar-refractivity contribution is 0.170. The minimum Gasteiger partial charge on any atom is -0.463 e. The Kier molecular flexibility index (Phi) is 5.37. The average Bonchev–Trinajstić information content (AvgIpc) is 3.20. The molecule has 1 aliphatic heterocycles. The molecule has 2 aliphatic rings. The molecule has 2 heterocycles. The Bertz CT molecular complexity index is 423. The maximum Gasteiger partial charge on any atom is 0.118 e. The van der Waals surface area contributed by atoms with Gasteiger partial charge in [-0.05, 0) is 63.2 Å². The molecule has 0 radical (unpaired) electrons. The standard InChI is InChI=1S/C18H30N2O/c1-2-11-19-13-16-9-10-17(21-16)14-20-12-5-8-18(20)15-6-3-4-7-15/h9-10,15,18-19H,2-8,11-14H2,1H3. The largest absolute Gasteiger partial charge is 0.463 e. The molecule has 1 saturated heterocycles. The van der Waals surface area contributed by atoms with Gasteiger partial charge in [-0.1, -0.05) is 19.8 Å². The number of nitrogens with zero attached hydrogens (tertiary/aromatic N) is 1. The van der Waals surface area contributed by atoms with Gasteiger partial charge in [-0.25, -0.2) is 0 Å². The summed E-state index contributed by atoms with van der Waals surface area (Å²) in [7, 11) is 0. The van der Waals surface area contributed by atoms with E-state index in [0.29, 0.717) is 0 Å². The minimum atomic E-state index is 0.819. The fourth-order valence-corrected chi connectivity index (χ4v) is 4.12. The van der Waals surface area contributed by atoms with E-state index in [1.807, 2.05) is 0 Å². The Labute approximate surface area is 129 Å². The molecule has 3 rings (SSSR count). The van der Waals surface area contributed by atoms with Crippen molar-refractivity contribution in [1.82, 2.24) is 10.2 Å². The van der Waals surface area contributed by atoms with Crippen LogP contribution < -0.4 is 5.32 Å². The molecule has 0 spiro atoms. The summed E-state index contributed by atoms with van der Waals surface area (Å²) in [5.41, 5.74) is 0. The van der Waals surface area contributed by atoms with Crippen LogP contribution in [-0.4, -0.2) is 24.0 Å². The van der Waals surface area contributed by atoms with Crippen molar-refractivity contribution in [3.8, 4) is 0 Å². The Hall–Kier alpha value is -0.800. The summed E-state index contributed by atoms with van der Waals surface area (Å²) in [5, 5.41) is 3.40. The molecule has 1 aliphatic carbocycles. The molecule has 1 aromatic heterocycles. The van der Waals surface area contributed by atoms with Crippen molar-refractivity contribution in [2.24, 2.45) is 5.92 Å². The van der Waals surface area contributed by atoms with Crippen molar-refractivity contribution in [2.45, 2.75) is 71.0 Å². The van der Waals surface area contributed by atoms with Gasteiger partial charge in [0.2, 0.25) is 0 Å². The van der Waals surface area contributed by atoms with E-state index in [-0.39, 0.29) is 0 Å². The second kappa shape index (κ2) is 7.46. The smallest absolute Gasteiger partial charge is 0.118 e. The zero-order valence-corrected chi connectivity index (χ0v) is 13.4. The third kappa shape index (κ3) is 3.89. The number of nitrogens with one attached hydrogen (secondary N) is 1. The van der Waals surface area contributed by atoms with E-state index < -0.39 is 0 Å². The van der Waals surface area contributed by atoms with Gasteiger partial charge in [0.1, 0.15) is 11.5 Å². The predicted octanol–water partition coefficient (Wildman–Crippen LogP) is 3.93. The summed E-state index contributed by atoms with van der Waals surface area (Å²) in [5.74, 6) is 3.18. The molecule has 0 aromatic carbocycles. The highest BCUT2D eigenvalue weighted by molar-refractivity contribution is 5.07. The minimum absolute atomic E-state index is 0.819. The summed E-state index contributed by atoms with van der Waals surface area (Å²) in [6.45, 7) is 6.38. The lowest BCUT2D eigenvalue weighted by Gasteiger charge is -2.28. The number of furan rings is 1. The van der Waals surface area contributed by atoms with Crippen molar-refractivity contribution >= 4 is 0 Å². The zero-order valence-electron chi connectivity index (χ0n) is 13.4. The van der Waals surface area contributed by atoms with Crippen LogP contribution in [0.2, 0.25) is 0 Å². The highest BCUT2D eigenvalue weighted by atomic mass is 16.3. The van der Waals surface area contributed by atoms with Crippen LogP contribution in [0.1, 0.15) is 63.4 Å². The molecule has 1 unspecified atom stereocenters. The second-order valence-corrected chi connectivity index (χ2v) is 6.77. The van der Waals surface area contributed by atoms with Gasteiger partial charge in [-0.3, -0.25) is 4.90 Å². The first-order valence-corrected chi connectivity index (χ1v) is 8.89. The maximum atomic E-state index is 6.00. The lowest BCUT2D eigenvalue weighted by Crippen LogP contribution is -2.34. The first kappa shape index (κ1) is 15.1. The number of likely N-dealkylation sites (tertiary alicyclic amines) is 1. The van der Waals surface area contributed by atoms with Crippen LogP contribution in [-0.2, 0) is 13.1 Å². The van der Waals surface area contributed by atoms with Crippen LogP contribution in [0.3, 0.4) is 0 Å². The SMILES string of the molecule is CCCNCc1ccc(CN2CCCC2C2CCCC2)o1. The summed E-state index contributed by atoms with van der Waals surface area (Å²) in [6.07, 6.45) is 9.73. The van der Waals surface area contributed by atoms with E-state index in [4.69, 9.17) is 4.42 Å². The Morgan fingerprint density at radius 2 is 1.95 bits per heavy atom. The molecule has 1 saturated carbocycles. The van der Waals surface area contributed by atoms with Crippen molar-refractivity contribution in [2.75, 3.05) is 13.1 Å². The molecule has 1 N–H and O–H groups in total. The van der Waals surface area contributed by atoms with E-state index in [2.05, 4.69) is 29.3 Å². The van der Waals surface area contributed by atoms with Gasteiger partial charge in [-0.2, -0.15) is 0 Å². The van der Waals surface area contributed by atoms with Gasteiger partial charge in [0.05, 0.1) is 13.1 Å². The Morgan fingerprint density at radius 3 is 2.76 bits per heavy atom. The predicted molar refractivity (Wildman–Crippen MR) is 86.1 cm³/mol. The molecule has 3 nitrogen and oxygen atoms in total. The van der Waals surface area contributed by atoms with Crippen LogP contribution >= 0.6 is 0 Å². The summed E-state index contributed by atoms with van der Waals surface area (Å²) in [6, 6.07) is 5.13. The molecular weight excluding hydrogens is 260 g/mol. The quantitative estimate of drug-likeness (QED) is 0.771. The van der Waals surface area contributed by atoms with Gasteiger partial charge in [0.25, 0.3) is 0 Å². The van der Waals surface area contributed by atoms with Crippen molar-refractivity contribution in [3.05, 3.63) is 23.7 Å². The first-order valence-electron chi connectivity index (χ1n) is 8.89. The van der Waals surface area contributed by atoms with Crippen molar-refractivity contribution in [1.29, 1.82) is 0 Å². The topological polar surface area (TPSA) is 28.4 Å². The maximum absolute atomic E-state index is 6.00. The summed E-state index contributed by atoms with van der Waals surface area (Å²) in [4.78, 5) is 2.68. The number of rotatable bonds is 7. The van der Waals surface area contributed by atoms with Crippen LogP contribution in [0.4, 0.5) is 0 Å². The summed E-state index contributed by atoms with van der Waals surface area (Å²) < 4.78 is 6.00. The van der Waals surface area contributed by atoms with Crippen LogP contribution in [0.5, 0.6) is 0 Å². The molecule has 21 heavy (non-hydrogen) atoms.